The first-order chi connectivity index (χ1) is 4.30. The van der Waals surface area contributed by atoms with E-state index in [1.165, 1.54) is 0 Å². The van der Waals surface area contributed by atoms with Crippen LogP contribution in [0.1, 0.15) is 12.5 Å². The van der Waals surface area contributed by atoms with Crippen molar-refractivity contribution in [1.29, 1.82) is 0 Å². The van der Waals surface area contributed by atoms with Crippen LogP contribution in [0.15, 0.2) is 25.0 Å². The van der Waals surface area contributed by atoms with Gasteiger partial charge in [0.25, 0.3) is 0 Å². The van der Waals surface area contributed by atoms with Crippen LogP contribution >= 0.6 is 0 Å². The monoisotopic (exact) mass is 120 g/mol. The van der Waals surface area contributed by atoms with Gasteiger partial charge in [-0.25, -0.2) is 0 Å². The Labute approximate surface area is 54.2 Å². The van der Waals surface area contributed by atoms with Crippen molar-refractivity contribution in [3.05, 3.63) is 30.6 Å². The Morgan fingerprint density at radius 1 is 1.56 bits per heavy atom. The highest BCUT2D eigenvalue weighted by Crippen LogP contribution is 2.05. The summed E-state index contributed by atoms with van der Waals surface area (Å²) in [6, 6.07) is 1.88. The van der Waals surface area contributed by atoms with E-state index in [0.29, 0.717) is 0 Å². The van der Waals surface area contributed by atoms with Crippen molar-refractivity contribution >= 4 is 5.57 Å². The molecule has 2 heteroatoms. The van der Waals surface area contributed by atoms with Crippen LogP contribution in [-0.4, -0.2) is 10.2 Å². The summed E-state index contributed by atoms with van der Waals surface area (Å²) in [5.41, 5.74) is 2.06. The highest BCUT2D eigenvalue weighted by Gasteiger charge is 1.88. The summed E-state index contributed by atoms with van der Waals surface area (Å²) in [5.74, 6) is 0. The molecule has 0 aliphatic rings. The minimum atomic E-state index is 1.02. The summed E-state index contributed by atoms with van der Waals surface area (Å²) in [4.78, 5) is 0. The number of rotatable bonds is 1. The molecule has 0 saturated carbocycles. The molecule has 0 fully saturated rings. The second-order valence-corrected chi connectivity index (χ2v) is 1.91. The fraction of sp³-hybridized carbons (Fsp3) is 0.143. The Bertz CT molecular complexity index is 203. The van der Waals surface area contributed by atoms with Crippen LogP contribution in [0.2, 0.25) is 0 Å². The first kappa shape index (κ1) is 5.95. The molecule has 0 aliphatic heterocycles. The molecule has 0 atom stereocenters. The minimum absolute atomic E-state index is 1.02. The highest BCUT2D eigenvalue weighted by atomic mass is 15.1. The maximum Gasteiger partial charge on any atom is 0.0571 e. The Hall–Kier alpha value is -1.18. The standard InChI is InChI=1S/C7H8N2/c1-6(2)7-3-4-8-9-5-7/h3-5H,1H2,2H3. The third-order valence-electron chi connectivity index (χ3n) is 1.08. The van der Waals surface area contributed by atoms with Crippen molar-refractivity contribution in [2.45, 2.75) is 6.92 Å². The van der Waals surface area contributed by atoms with Crippen LogP contribution < -0.4 is 0 Å². The lowest BCUT2D eigenvalue weighted by molar-refractivity contribution is 1.02. The van der Waals surface area contributed by atoms with E-state index in [0.717, 1.165) is 11.1 Å². The van der Waals surface area contributed by atoms with Crippen molar-refractivity contribution in [2.75, 3.05) is 0 Å². The molecule has 0 bridgehead atoms. The van der Waals surface area contributed by atoms with Gasteiger partial charge in [0.1, 0.15) is 0 Å². The molecule has 1 rings (SSSR count). The van der Waals surface area contributed by atoms with Gasteiger partial charge in [0.05, 0.1) is 12.4 Å². The predicted octanol–water partition coefficient (Wildman–Crippen LogP) is 1.51. The summed E-state index contributed by atoms with van der Waals surface area (Å²) in [5, 5.41) is 7.33. The van der Waals surface area contributed by atoms with Gasteiger partial charge in [0, 0.05) is 0 Å². The molecule has 1 heterocycles. The molecule has 0 unspecified atom stereocenters. The summed E-state index contributed by atoms with van der Waals surface area (Å²) >= 11 is 0. The topological polar surface area (TPSA) is 25.8 Å². The number of hydrogen-bond acceptors (Lipinski definition) is 2. The fourth-order valence-electron chi connectivity index (χ4n) is 0.543. The number of aromatic nitrogens is 2. The average Bonchev–Trinajstić information content (AvgIpc) is 1.90. The Morgan fingerprint density at radius 3 is 2.67 bits per heavy atom. The van der Waals surface area contributed by atoms with E-state index in [4.69, 9.17) is 0 Å². The van der Waals surface area contributed by atoms with Gasteiger partial charge in [-0.15, -0.1) is 0 Å². The zero-order valence-electron chi connectivity index (χ0n) is 5.33. The van der Waals surface area contributed by atoms with Crippen molar-refractivity contribution < 1.29 is 0 Å². The Morgan fingerprint density at radius 2 is 2.33 bits per heavy atom. The lowest BCUT2D eigenvalue weighted by Crippen LogP contribution is -1.81. The third kappa shape index (κ3) is 1.35. The fourth-order valence-corrected chi connectivity index (χ4v) is 0.543. The smallest absolute Gasteiger partial charge is 0.0571 e. The van der Waals surface area contributed by atoms with E-state index in [9.17, 15) is 0 Å². The maximum atomic E-state index is 3.76. The van der Waals surface area contributed by atoms with Gasteiger partial charge in [-0.05, 0) is 24.1 Å². The van der Waals surface area contributed by atoms with Crippen molar-refractivity contribution in [3.63, 3.8) is 0 Å². The van der Waals surface area contributed by atoms with Crippen molar-refractivity contribution in [1.82, 2.24) is 10.2 Å². The first-order valence-electron chi connectivity index (χ1n) is 2.73. The van der Waals surface area contributed by atoms with E-state index < -0.39 is 0 Å². The average molecular weight is 120 g/mol. The van der Waals surface area contributed by atoms with Crippen LogP contribution in [0.4, 0.5) is 0 Å². The summed E-state index contributed by atoms with van der Waals surface area (Å²) in [6.07, 6.45) is 3.35. The van der Waals surface area contributed by atoms with Crippen LogP contribution in [0.5, 0.6) is 0 Å². The molecule has 0 aliphatic carbocycles. The molecule has 0 spiro atoms. The van der Waals surface area contributed by atoms with E-state index in [-0.39, 0.29) is 0 Å². The molecule has 0 saturated heterocycles. The molecule has 1 aromatic heterocycles. The second-order valence-electron chi connectivity index (χ2n) is 1.91. The molecule has 0 amide bonds. The van der Waals surface area contributed by atoms with Crippen LogP contribution in [-0.2, 0) is 0 Å². The predicted molar refractivity (Wildman–Crippen MR) is 36.7 cm³/mol. The normalized spacial score (nSPS) is 9.00. The lowest BCUT2D eigenvalue weighted by Gasteiger charge is -1.93. The van der Waals surface area contributed by atoms with E-state index in [1.807, 2.05) is 13.0 Å². The quantitative estimate of drug-likeness (QED) is 0.561. The van der Waals surface area contributed by atoms with Gasteiger partial charge in [-0.1, -0.05) is 6.58 Å². The second kappa shape index (κ2) is 2.40. The molecule has 1 aromatic rings. The van der Waals surface area contributed by atoms with Crippen LogP contribution in [0, 0.1) is 0 Å². The van der Waals surface area contributed by atoms with Crippen LogP contribution in [0.3, 0.4) is 0 Å². The molecule has 2 nitrogen and oxygen atoms in total. The van der Waals surface area contributed by atoms with Gasteiger partial charge in [-0.2, -0.15) is 10.2 Å². The van der Waals surface area contributed by atoms with Gasteiger partial charge in [0.15, 0.2) is 0 Å². The molecule has 0 N–H and O–H groups in total. The lowest BCUT2D eigenvalue weighted by atomic mass is 10.2. The SMILES string of the molecule is C=C(C)c1ccnnc1. The van der Waals surface area contributed by atoms with E-state index in [1.54, 1.807) is 12.4 Å². The largest absolute Gasteiger partial charge is 0.159 e. The third-order valence-corrected chi connectivity index (χ3v) is 1.08. The summed E-state index contributed by atoms with van der Waals surface area (Å²) in [6.45, 7) is 5.70. The number of hydrogen-bond donors (Lipinski definition) is 0. The highest BCUT2D eigenvalue weighted by molar-refractivity contribution is 5.59. The Kier molecular flexibility index (Phi) is 1.58. The minimum Gasteiger partial charge on any atom is -0.159 e. The molecule has 9 heavy (non-hydrogen) atoms. The van der Waals surface area contributed by atoms with Gasteiger partial charge in [-0.3, -0.25) is 0 Å². The van der Waals surface area contributed by atoms with Gasteiger partial charge < -0.3 is 0 Å². The molecular weight excluding hydrogens is 112 g/mol. The van der Waals surface area contributed by atoms with Gasteiger partial charge in [0.2, 0.25) is 0 Å². The molecule has 46 valence electrons. The van der Waals surface area contributed by atoms with Crippen molar-refractivity contribution in [2.24, 2.45) is 0 Å². The van der Waals surface area contributed by atoms with Crippen molar-refractivity contribution in [3.8, 4) is 0 Å². The van der Waals surface area contributed by atoms with Gasteiger partial charge >= 0.3 is 0 Å². The zero-order valence-corrected chi connectivity index (χ0v) is 5.33. The summed E-state index contributed by atoms with van der Waals surface area (Å²) in [7, 11) is 0. The van der Waals surface area contributed by atoms with Crippen LogP contribution in [0.25, 0.3) is 5.57 Å². The molecule has 0 radical (unpaired) electrons. The maximum absolute atomic E-state index is 3.76. The number of nitrogens with zero attached hydrogens (tertiary/aromatic N) is 2. The Balaban J connectivity index is 2.98. The molecular formula is C7H8N2. The van der Waals surface area contributed by atoms with E-state index in [2.05, 4.69) is 16.8 Å². The zero-order chi connectivity index (χ0) is 6.69. The first-order valence-corrected chi connectivity index (χ1v) is 2.73. The molecule has 0 aromatic carbocycles. The van der Waals surface area contributed by atoms with E-state index >= 15 is 0 Å². The number of allylic oxidation sites excluding steroid dienone is 1. The summed E-state index contributed by atoms with van der Waals surface area (Å²) < 4.78 is 0.